The van der Waals surface area contributed by atoms with Gasteiger partial charge in [-0.15, -0.1) is 0 Å². The van der Waals surface area contributed by atoms with Crippen LogP contribution >= 0.6 is 0 Å². The van der Waals surface area contributed by atoms with E-state index in [2.05, 4.69) is 4.74 Å². The van der Waals surface area contributed by atoms with Crippen LogP contribution in [0.4, 0.5) is 4.39 Å². The van der Waals surface area contributed by atoms with Crippen molar-refractivity contribution < 1.29 is 18.7 Å². The third-order valence-electron chi connectivity index (χ3n) is 3.01. The average molecular weight is 272 g/mol. The Morgan fingerprint density at radius 3 is 2.35 bits per heavy atom. The van der Waals surface area contributed by atoms with Crippen molar-refractivity contribution in [2.75, 3.05) is 7.11 Å². The van der Waals surface area contributed by atoms with E-state index in [0.29, 0.717) is 16.7 Å². The molecule has 2 aromatic rings. The molecule has 2 rings (SSSR count). The van der Waals surface area contributed by atoms with Crippen LogP contribution in [0.1, 0.15) is 31.8 Å². The number of benzene rings is 2. The summed E-state index contributed by atoms with van der Waals surface area (Å²) in [5, 5.41) is 0. The Kier molecular flexibility index (Phi) is 3.94. The molecule has 2 aromatic carbocycles. The Morgan fingerprint density at radius 1 is 1.05 bits per heavy atom. The number of esters is 1. The minimum absolute atomic E-state index is 0.0118. The first-order chi connectivity index (χ1) is 9.54. The summed E-state index contributed by atoms with van der Waals surface area (Å²) in [5.41, 5.74) is 1.34. The molecule has 0 fully saturated rings. The number of ketones is 1. The highest BCUT2D eigenvalue weighted by atomic mass is 19.1. The number of carbonyl (C=O) groups excluding carboxylic acids is 2. The van der Waals surface area contributed by atoms with Crippen molar-refractivity contribution >= 4 is 11.8 Å². The molecule has 4 heteroatoms. The van der Waals surface area contributed by atoms with Crippen LogP contribution in [0, 0.1) is 12.7 Å². The lowest BCUT2D eigenvalue weighted by Crippen LogP contribution is -2.08. The Hall–Kier alpha value is -2.49. The number of hydrogen-bond donors (Lipinski definition) is 0. The van der Waals surface area contributed by atoms with Crippen LogP contribution in [0.5, 0.6) is 0 Å². The van der Waals surface area contributed by atoms with Gasteiger partial charge in [0.25, 0.3) is 0 Å². The van der Waals surface area contributed by atoms with Crippen molar-refractivity contribution in [3.63, 3.8) is 0 Å². The maximum atomic E-state index is 13.6. The number of rotatable bonds is 3. The number of methoxy groups -OCH3 is 1. The van der Waals surface area contributed by atoms with E-state index in [-0.39, 0.29) is 5.56 Å². The van der Waals surface area contributed by atoms with Gasteiger partial charge in [0.1, 0.15) is 5.82 Å². The maximum Gasteiger partial charge on any atom is 0.338 e. The van der Waals surface area contributed by atoms with Gasteiger partial charge in [0.05, 0.1) is 18.2 Å². The van der Waals surface area contributed by atoms with Crippen molar-refractivity contribution in [3.8, 4) is 0 Å². The fraction of sp³-hybridized carbons (Fsp3) is 0.125. The smallest absolute Gasteiger partial charge is 0.338 e. The fourth-order valence-corrected chi connectivity index (χ4v) is 1.94. The van der Waals surface area contributed by atoms with Gasteiger partial charge in [0.15, 0.2) is 5.78 Å². The average Bonchev–Trinajstić information content (AvgIpc) is 2.46. The molecule has 0 aromatic heterocycles. The third-order valence-corrected chi connectivity index (χ3v) is 3.01. The monoisotopic (exact) mass is 272 g/mol. The van der Waals surface area contributed by atoms with Crippen molar-refractivity contribution in [1.82, 2.24) is 0 Å². The van der Waals surface area contributed by atoms with E-state index < -0.39 is 17.6 Å². The number of carbonyl (C=O) groups is 2. The third kappa shape index (κ3) is 2.59. The molecule has 0 aliphatic heterocycles. The van der Waals surface area contributed by atoms with Crippen LogP contribution in [0.25, 0.3) is 0 Å². The molecular formula is C16H13FO3. The molecule has 0 spiro atoms. The van der Waals surface area contributed by atoms with E-state index in [1.165, 1.54) is 37.4 Å². The van der Waals surface area contributed by atoms with E-state index in [0.717, 1.165) is 0 Å². The lowest BCUT2D eigenvalue weighted by molar-refractivity contribution is 0.0599. The predicted octanol–water partition coefficient (Wildman–Crippen LogP) is 3.15. The maximum absolute atomic E-state index is 13.6. The Bertz CT molecular complexity index is 677. The number of halogens is 1. The molecule has 0 bridgehead atoms. The van der Waals surface area contributed by atoms with Gasteiger partial charge in [-0.3, -0.25) is 4.79 Å². The van der Waals surface area contributed by atoms with Crippen LogP contribution in [0.3, 0.4) is 0 Å². The van der Waals surface area contributed by atoms with Gasteiger partial charge in [0, 0.05) is 5.56 Å². The zero-order valence-corrected chi connectivity index (χ0v) is 11.1. The zero-order valence-electron chi connectivity index (χ0n) is 11.1. The molecule has 0 heterocycles. The Balaban J connectivity index is 2.40. The molecule has 0 N–H and O–H groups in total. The first-order valence-electron chi connectivity index (χ1n) is 6.02. The van der Waals surface area contributed by atoms with Crippen LogP contribution < -0.4 is 0 Å². The minimum Gasteiger partial charge on any atom is -0.465 e. The van der Waals surface area contributed by atoms with E-state index >= 15 is 0 Å². The molecule has 0 atom stereocenters. The van der Waals surface area contributed by atoms with Gasteiger partial charge in [-0.2, -0.15) is 0 Å². The number of hydrogen-bond acceptors (Lipinski definition) is 3. The van der Waals surface area contributed by atoms with Crippen molar-refractivity contribution in [2.24, 2.45) is 0 Å². The Morgan fingerprint density at radius 2 is 1.75 bits per heavy atom. The van der Waals surface area contributed by atoms with E-state index in [4.69, 9.17) is 0 Å². The lowest BCUT2D eigenvalue weighted by atomic mass is 9.98. The highest BCUT2D eigenvalue weighted by Crippen LogP contribution is 2.17. The molecule has 0 saturated carbocycles. The van der Waals surface area contributed by atoms with Gasteiger partial charge in [-0.1, -0.05) is 18.2 Å². The molecular weight excluding hydrogens is 259 g/mol. The summed E-state index contributed by atoms with van der Waals surface area (Å²) >= 11 is 0. The summed E-state index contributed by atoms with van der Waals surface area (Å²) in [4.78, 5) is 23.7. The second kappa shape index (κ2) is 5.65. The first-order valence-corrected chi connectivity index (χ1v) is 6.02. The second-order valence-electron chi connectivity index (χ2n) is 4.33. The first kappa shape index (κ1) is 13.9. The van der Waals surface area contributed by atoms with Crippen molar-refractivity contribution in [2.45, 2.75) is 6.92 Å². The van der Waals surface area contributed by atoms with Crippen molar-refractivity contribution in [3.05, 3.63) is 70.5 Å². The summed E-state index contributed by atoms with van der Waals surface area (Å²) in [6.07, 6.45) is 0. The second-order valence-corrected chi connectivity index (χ2v) is 4.33. The van der Waals surface area contributed by atoms with E-state index in [9.17, 15) is 14.0 Å². The van der Waals surface area contributed by atoms with Gasteiger partial charge < -0.3 is 4.74 Å². The standard InChI is InChI=1S/C16H13FO3/c1-10-9-11(7-8-12(10)16(19)20-2)15(18)13-5-3-4-6-14(13)17/h3-9H,1-2H3. The summed E-state index contributed by atoms with van der Waals surface area (Å²) in [5.74, 6) is -1.44. The molecule has 3 nitrogen and oxygen atoms in total. The Labute approximate surface area is 116 Å². The van der Waals surface area contributed by atoms with Crippen molar-refractivity contribution in [1.29, 1.82) is 0 Å². The molecule has 0 aliphatic rings. The van der Waals surface area contributed by atoms with E-state index in [1.807, 2.05) is 0 Å². The quantitative estimate of drug-likeness (QED) is 0.636. The fourth-order valence-electron chi connectivity index (χ4n) is 1.94. The molecule has 0 amide bonds. The summed E-state index contributed by atoms with van der Waals surface area (Å²) in [7, 11) is 1.29. The summed E-state index contributed by atoms with van der Waals surface area (Å²) < 4.78 is 18.2. The normalized spacial score (nSPS) is 10.2. The molecule has 0 saturated heterocycles. The molecule has 102 valence electrons. The van der Waals surface area contributed by atoms with Gasteiger partial charge in [0.2, 0.25) is 0 Å². The topological polar surface area (TPSA) is 43.4 Å². The highest BCUT2D eigenvalue weighted by molar-refractivity contribution is 6.09. The molecule has 0 unspecified atom stereocenters. The number of ether oxygens (including phenoxy) is 1. The lowest BCUT2D eigenvalue weighted by Gasteiger charge is -2.07. The van der Waals surface area contributed by atoms with E-state index in [1.54, 1.807) is 19.1 Å². The largest absolute Gasteiger partial charge is 0.465 e. The number of aryl methyl sites for hydroxylation is 1. The van der Waals surface area contributed by atoms with Crippen LogP contribution in [-0.4, -0.2) is 18.9 Å². The van der Waals surface area contributed by atoms with Crippen LogP contribution in [0.15, 0.2) is 42.5 Å². The van der Waals surface area contributed by atoms with Crippen LogP contribution in [-0.2, 0) is 4.74 Å². The highest BCUT2D eigenvalue weighted by Gasteiger charge is 2.16. The minimum atomic E-state index is -0.563. The predicted molar refractivity (Wildman–Crippen MR) is 72.4 cm³/mol. The SMILES string of the molecule is COC(=O)c1ccc(C(=O)c2ccccc2F)cc1C. The molecule has 0 radical (unpaired) electrons. The van der Waals surface area contributed by atoms with Gasteiger partial charge in [-0.25, -0.2) is 9.18 Å². The molecule has 20 heavy (non-hydrogen) atoms. The molecule has 0 aliphatic carbocycles. The summed E-state index contributed by atoms with van der Waals surface area (Å²) in [6, 6.07) is 10.4. The van der Waals surface area contributed by atoms with Gasteiger partial charge in [-0.05, 0) is 36.8 Å². The summed E-state index contributed by atoms with van der Waals surface area (Å²) in [6.45, 7) is 1.70. The van der Waals surface area contributed by atoms with Gasteiger partial charge >= 0.3 is 5.97 Å². The van der Waals surface area contributed by atoms with Crippen LogP contribution in [0.2, 0.25) is 0 Å². The zero-order chi connectivity index (χ0) is 14.7.